The minimum absolute atomic E-state index is 0.0331. The van der Waals surface area contributed by atoms with Gasteiger partial charge in [-0.05, 0) is 41.3 Å². The number of aromatic hydroxyl groups is 2. The third-order valence-corrected chi connectivity index (χ3v) is 5.29. The fraction of sp³-hybridized carbons (Fsp3) is 0.409. The highest BCUT2D eigenvalue weighted by Crippen LogP contribution is 2.27. The second-order valence-electron chi connectivity index (χ2n) is 7.77. The molecular formula is C22H27FN2O3. The molecule has 150 valence electrons. The number of phenols is 2. The summed E-state index contributed by atoms with van der Waals surface area (Å²) in [5, 5.41) is 19.2. The molecule has 1 unspecified atom stereocenters. The number of rotatable bonds is 5. The number of hydrogen-bond acceptors (Lipinski definition) is 4. The second kappa shape index (κ2) is 8.61. The van der Waals surface area contributed by atoms with Gasteiger partial charge in [0.15, 0.2) is 11.5 Å². The van der Waals surface area contributed by atoms with Gasteiger partial charge in [0.05, 0.1) is 0 Å². The summed E-state index contributed by atoms with van der Waals surface area (Å²) in [4.78, 5) is 17.0. The number of amides is 1. The maximum Gasteiger partial charge on any atom is 0.224 e. The van der Waals surface area contributed by atoms with Crippen molar-refractivity contribution in [1.29, 1.82) is 0 Å². The molecule has 6 heteroatoms. The van der Waals surface area contributed by atoms with Crippen molar-refractivity contribution in [1.82, 2.24) is 9.80 Å². The van der Waals surface area contributed by atoms with Gasteiger partial charge in [0, 0.05) is 38.6 Å². The van der Waals surface area contributed by atoms with Crippen LogP contribution in [0.2, 0.25) is 0 Å². The summed E-state index contributed by atoms with van der Waals surface area (Å²) in [6.45, 7) is 6.61. The molecule has 2 aromatic carbocycles. The van der Waals surface area contributed by atoms with E-state index in [2.05, 4.69) is 18.7 Å². The normalized spacial score (nSPS) is 18.5. The SMILES string of the molecule is CC(C)C1CN(Cc2ccc(O)c(O)c2)CCC(=O)N1Cc1ccc(F)cc1. The number of hydrogen-bond donors (Lipinski definition) is 2. The number of halogens is 1. The summed E-state index contributed by atoms with van der Waals surface area (Å²) >= 11 is 0. The Morgan fingerprint density at radius 2 is 1.71 bits per heavy atom. The zero-order chi connectivity index (χ0) is 20.3. The topological polar surface area (TPSA) is 64.0 Å². The summed E-state index contributed by atoms with van der Waals surface area (Å²) in [6.07, 6.45) is 0.411. The molecule has 1 fully saturated rings. The van der Waals surface area contributed by atoms with E-state index in [4.69, 9.17) is 0 Å². The Bertz CT molecular complexity index is 823. The lowest BCUT2D eigenvalue weighted by atomic mass is 10.0. The van der Waals surface area contributed by atoms with E-state index in [1.54, 1.807) is 24.3 Å². The van der Waals surface area contributed by atoms with Crippen LogP contribution < -0.4 is 0 Å². The zero-order valence-corrected chi connectivity index (χ0v) is 16.3. The molecule has 1 saturated heterocycles. The summed E-state index contributed by atoms with van der Waals surface area (Å²) < 4.78 is 13.2. The molecule has 2 aromatic rings. The van der Waals surface area contributed by atoms with Gasteiger partial charge >= 0.3 is 0 Å². The van der Waals surface area contributed by atoms with E-state index in [0.29, 0.717) is 32.6 Å². The van der Waals surface area contributed by atoms with E-state index in [-0.39, 0.29) is 35.2 Å². The minimum Gasteiger partial charge on any atom is -0.504 e. The standard InChI is InChI=1S/C22H27FN2O3/c1-15(2)19-14-24(12-17-5-8-20(26)21(27)11-17)10-9-22(28)25(19)13-16-3-6-18(23)7-4-16/h3-8,11,15,19,26-27H,9-10,12-14H2,1-2H3. The van der Waals surface area contributed by atoms with Crippen molar-refractivity contribution in [2.45, 2.75) is 39.4 Å². The van der Waals surface area contributed by atoms with Gasteiger partial charge in [-0.2, -0.15) is 0 Å². The first kappa shape index (κ1) is 20.1. The van der Waals surface area contributed by atoms with Crippen LogP contribution >= 0.6 is 0 Å². The Balaban J connectivity index is 1.77. The summed E-state index contributed by atoms with van der Waals surface area (Å²) in [5.74, 6) is -0.200. The lowest BCUT2D eigenvalue weighted by molar-refractivity contribution is -0.134. The number of carbonyl (C=O) groups is 1. The number of benzene rings is 2. The Hall–Kier alpha value is -2.60. The molecule has 3 rings (SSSR count). The van der Waals surface area contributed by atoms with Crippen LogP contribution in [0.3, 0.4) is 0 Å². The molecule has 2 N–H and O–H groups in total. The average Bonchev–Trinajstić information content (AvgIpc) is 2.80. The quantitative estimate of drug-likeness (QED) is 0.772. The fourth-order valence-electron chi connectivity index (χ4n) is 3.67. The molecule has 1 amide bonds. The third-order valence-electron chi connectivity index (χ3n) is 5.29. The van der Waals surface area contributed by atoms with Crippen LogP contribution in [0.5, 0.6) is 11.5 Å². The zero-order valence-electron chi connectivity index (χ0n) is 16.3. The van der Waals surface area contributed by atoms with E-state index in [9.17, 15) is 19.4 Å². The molecular weight excluding hydrogens is 359 g/mol. The lowest BCUT2D eigenvalue weighted by Gasteiger charge is -2.35. The Labute approximate surface area is 165 Å². The molecule has 1 heterocycles. The third kappa shape index (κ3) is 4.81. The molecule has 0 aliphatic carbocycles. The molecule has 1 atom stereocenters. The van der Waals surface area contributed by atoms with Crippen molar-refractivity contribution in [3.63, 3.8) is 0 Å². The predicted octanol–water partition coefficient (Wildman–Crippen LogP) is 3.50. The van der Waals surface area contributed by atoms with Crippen molar-refractivity contribution in [3.8, 4) is 11.5 Å². The number of carbonyl (C=O) groups excluding carboxylic acids is 1. The second-order valence-corrected chi connectivity index (χ2v) is 7.77. The van der Waals surface area contributed by atoms with Gasteiger partial charge in [-0.15, -0.1) is 0 Å². The van der Waals surface area contributed by atoms with E-state index >= 15 is 0 Å². The number of phenolic OH excluding ortho intramolecular Hbond substituents is 2. The van der Waals surface area contributed by atoms with Crippen LogP contribution in [0.15, 0.2) is 42.5 Å². The lowest BCUT2D eigenvalue weighted by Crippen LogP contribution is -2.45. The Morgan fingerprint density at radius 3 is 2.36 bits per heavy atom. The van der Waals surface area contributed by atoms with Gasteiger partial charge in [0.1, 0.15) is 5.82 Å². The van der Waals surface area contributed by atoms with Crippen LogP contribution in [-0.2, 0) is 17.9 Å². The van der Waals surface area contributed by atoms with E-state index < -0.39 is 0 Å². The van der Waals surface area contributed by atoms with Gasteiger partial charge < -0.3 is 15.1 Å². The van der Waals surface area contributed by atoms with Crippen molar-refractivity contribution >= 4 is 5.91 Å². The summed E-state index contributed by atoms with van der Waals surface area (Å²) in [7, 11) is 0. The van der Waals surface area contributed by atoms with Crippen LogP contribution in [0.1, 0.15) is 31.4 Å². The highest BCUT2D eigenvalue weighted by atomic mass is 19.1. The van der Waals surface area contributed by atoms with Crippen LogP contribution in [0, 0.1) is 11.7 Å². The van der Waals surface area contributed by atoms with Gasteiger partial charge in [-0.1, -0.05) is 32.0 Å². The van der Waals surface area contributed by atoms with E-state index in [0.717, 1.165) is 11.1 Å². The van der Waals surface area contributed by atoms with Crippen molar-refractivity contribution < 1.29 is 19.4 Å². The monoisotopic (exact) mass is 386 g/mol. The maximum absolute atomic E-state index is 13.2. The smallest absolute Gasteiger partial charge is 0.224 e. The first-order valence-electron chi connectivity index (χ1n) is 9.60. The fourth-order valence-corrected chi connectivity index (χ4v) is 3.67. The maximum atomic E-state index is 13.2. The van der Waals surface area contributed by atoms with Gasteiger partial charge in [-0.3, -0.25) is 9.69 Å². The molecule has 0 bridgehead atoms. The molecule has 28 heavy (non-hydrogen) atoms. The van der Waals surface area contributed by atoms with Crippen LogP contribution in [0.4, 0.5) is 4.39 Å². The van der Waals surface area contributed by atoms with Gasteiger partial charge in [-0.25, -0.2) is 4.39 Å². The summed E-state index contributed by atoms with van der Waals surface area (Å²) in [6, 6.07) is 11.1. The molecule has 0 saturated carbocycles. The molecule has 0 aromatic heterocycles. The molecule has 1 aliphatic heterocycles. The largest absolute Gasteiger partial charge is 0.504 e. The van der Waals surface area contributed by atoms with Crippen molar-refractivity contribution in [2.75, 3.05) is 13.1 Å². The van der Waals surface area contributed by atoms with E-state index in [1.165, 1.54) is 18.2 Å². The Morgan fingerprint density at radius 1 is 1.04 bits per heavy atom. The first-order chi connectivity index (χ1) is 13.3. The van der Waals surface area contributed by atoms with Crippen molar-refractivity contribution in [3.05, 3.63) is 59.4 Å². The average molecular weight is 386 g/mol. The molecule has 0 spiro atoms. The van der Waals surface area contributed by atoms with Gasteiger partial charge in [0.25, 0.3) is 0 Å². The first-order valence-corrected chi connectivity index (χ1v) is 9.60. The van der Waals surface area contributed by atoms with Gasteiger partial charge in [0.2, 0.25) is 5.91 Å². The van der Waals surface area contributed by atoms with Crippen molar-refractivity contribution in [2.24, 2.45) is 5.92 Å². The minimum atomic E-state index is -0.283. The Kier molecular flexibility index (Phi) is 6.19. The summed E-state index contributed by atoms with van der Waals surface area (Å²) in [5.41, 5.74) is 1.80. The highest BCUT2D eigenvalue weighted by molar-refractivity contribution is 5.77. The van der Waals surface area contributed by atoms with Crippen LogP contribution in [0.25, 0.3) is 0 Å². The molecule has 1 aliphatic rings. The molecule has 0 radical (unpaired) electrons. The van der Waals surface area contributed by atoms with Crippen LogP contribution in [-0.4, -0.2) is 45.1 Å². The highest BCUT2D eigenvalue weighted by Gasteiger charge is 2.31. The predicted molar refractivity (Wildman–Crippen MR) is 105 cm³/mol. The number of nitrogens with zero attached hydrogens (tertiary/aromatic N) is 2. The molecule has 5 nitrogen and oxygen atoms in total. The van der Waals surface area contributed by atoms with E-state index in [1.807, 2.05) is 4.90 Å².